The smallest absolute Gasteiger partial charge is 0.352 e. The summed E-state index contributed by atoms with van der Waals surface area (Å²) in [5, 5.41) is 5.36. The van der Waals surface area contributed by atoms with Gasteiger partial charge in [0.1, 0.15) is 6.42 Å². The lowest BCUT2D eigenvalue weighted by atomic mass is 10.1. The third-order valence-corrected chi connectivity index (χ3v) is 2.02. The van der Waals surface area contributed by atoms with Crippen LogP contribution in [0.4, 0.5) is 13.2 Å². The van der Waals surface area contributed by atoms with Crippen LogP contribution in [0.15, 0.2) is 0 Å². The Kier molecular flexibility index (Phi) is 5.97. The molecule has 3 nitrogen and oxygen atoms in total. The standard InChI is InChI=1S/C8H13F3N2O.ClH/c9-8(10,11)4-7(14)13-6-2-1-3-12-5-6;/h6,12H,1-5H2,(H,13,14);1H/t6-;/m0./s1. The zero-order valence-electron chi connectivity index (χ0n) is 8.06. The van der Waals surface area contributed by atoms with Gasteiger partial charge < -0.3 is 10.6 Å². The largest absolute Gasteiger partial charge is 0.397 e. The van der Waals surface area contributed by atoms with Crippen molar-refractivity contribution in [2.45, 2.75) is 31.5 Å². The number of carbonyl (C=O) groups is 1. The zero-order valence-corrected chi connectivity index (χ0v) is 8.88. The van der Waals surface area contributed by atoms with Gasteiger partial charge in [0.25, 0.3) is 0 Å². The Morgan fingerprint density at radius 1 is 1.47 bits per heavy atom. The lowest BCUT2D eigenvalue weighted by molar-refractivity contribution is -0.154. The number of halogens is 4. The van der Waals surface area contributed by atoms with Crippen molar-refractivity contribution in [3.8, 4) is 0 Å². The van der Waals surface area contributed by atoms with Crippen LogP contribution in [0.1, 0.15) is 19.3 Å². The van der Waals surface area contributed by atoms with E-state index in [1.165, 1.54) is 0 Å². The second-order valence-corrected chi connectivity index (χ2v) is 3.40. The van der Waals surface area contributed by atoms with E-state index in [9.17, 15) is 18.0 Å². The molecule has 90 valence electrons. The fraction of sp³-hybridized carbons (Fsp3) is 0.875. The Balaban J connectivity index is 0.00000196. The van der Waals surface area contributed by atoms with Gasteiger partial charge in [-0.15, -0.1) is 12.4 Å². The minimum Gasteiger partial charge on any atom is -0.352 e. The summed E-state index contributed by atoms with van der Waals surface area (Å²) in [6.07, 6.45) is -4.16. The van der Waals surface area contributed by atoms with Crippen LogP contribution in [0, 0.1) is 0 Å². The van der Waals surface area contributed by atoms with Gasteiger partial charge in [-0.25, -0.2) is 0 Å². The van der Waals surface area contributed by atoms with Crippen molar-refractivity contribution in [2.24, 2.45) is 0 Å². The van der Waals surface area contributed by atoms with Crippen molar-refractivity contribution in [2.75, 3.05) is 13.1 Å². The summed E-state index contributed by atoms with van der Waals surface area (Å²) in [5.74, 6) is -0.939. The van der Waals surface area contributed by atoms with Crippen LogP contribution in [-0.2, 0) is 4.79 Å². The maximum atomic E-state index is 11.8. The molecule has 1 amide bonds. The first kappa shape index (κ1) is 14.5. The van der Waals surface area contributed by atoms with E-state index in [0.717, 1.165) is 19.4 Å². The van der Waals surface area contributed by atoms with Crippen molar-refractivity contribution in [3.63, 3.8) is 0 Å². The van der Waals surface area contributed by atoms with E-state index in [-0.39, 0.29) is 18.4 Å². The molecule has 1 fully saturated rings. The van der Waals surface area contributed by atoms with Crippen molar-refractivity contribution in [3.05, 3.63) is 0 Å². The van der Waals surface area contributed by atoms with Crippen LogP contribution < -0.4 is 10.6 Å². The number of nitrogens with one attached hydrogen (secondary N) is 2. The normalized spacial score (nSPS) is 21.7. The third-order valence-electron chi connectivity index (χ3n) is 2.02. The molecule has 1 atom stereocenters. The van der Waals surface area contributed by atoms with Gasteiger partial charge in [0, 0.05) is 12.6 Å². The molecule has 0 unspecified atom stereocenters. The van der Waals surface area contributed by atoms with E-state index in [2.05, 4.69) is 10.6 Å². The molecule has 1 rings (SSSR count). The predicted molar refractivity (Wildman–Crippen MR) is 52.0 cm³/mol. The Labute approximate surface area is 92.2 Å². The quantitative estimate of drug-likeness (QED) is 0.770. The summed E-state index contributed by atoms with van der Waals surface area (Å²) >= 11 is 0. The highest BCUT2D eigenvalue weighted by Crippen LogP contribution is 2.19. The average Bonchev–Trinajstić information content (AvgIpc) is 2.02. The summed E-state index contributed by atoms with van der Waals surface area (Å²) in [6, 6.07) is -0.154. The van der Waals surface area contributed by atoms with Crippen molar-refractivity contribution >= 4 is 18.3 Å². The number of piperidine rings is 1. The molecule has 15 heavy (non-hydrogen) atoms. The van der Waals surface area contributed by atoms with Gasteiger partial charge >= 0.3 is 6.18 Å². The second-order valence-electron chi connectivity index (χ2n) is 3.40. The lowest BCUT2D eigenvalue weighted by Crippen LogP contribution is -2.46. The van der Waals surface area contributed by atoms with Crippen LogP contribution >= 0.6 is 12.4 Å². The third kappa shape index (κ3) is 6.57. The van der Waals surface area contributed by atoms with Crippen LogP contribution in [0.25, 0.3) is 0 Å². The van der Waals surface area contributed by atoms with E-state index < -0.39 is 18.5 Å². The maximum absolute atomic E-state index is 11.8. The highest BCUT2D eigenvalue weighted by Gasteiger charge is 2.32. The molecule has 0 aliphatic carbocycles. The molecule has 7 heteroatoms. The van der Waals surface area contributed by atoms with Crippen LogP contribution in [0.2, 0.25) is 0 Å². The molecular weight excluding hydrogens is 233 g/mol. The molecule has 0 aromatic carbocycles. The predicted octanol–water partition coefficient (Wildman–Crippen LogP) is 1.23. The van der Waals surface area contributed by atoms with Crippen molar-refractivity contribution < 1.29 is 18.0 Å². The van der Waals surface area contributed by atoms with E-state index >= 15 is 0 Å². The number of amides is 1. The SMILES string of the molecule is Cl.O=C(CC(F)(F)F)N[C@H]1CCCNC1. The van der Waals surface area contributed by atoms with Crippen molar-refractivity contribution in [1.82, 2.24) is 10.6 Å². The number of alkyl halides is 3. The molecule has 2 N–H and O–H groups in total. The topological polar surface area (TPSA) is 41.1 Å². The van der Waals surface area contributed by atoms with Gasteiger partial charge in [-0.05, 0) is 19.4 Å². The molecule has 0 spiro atoms. The van der Waals surface area contributed by atoms with E-state index in [1.807, 2.05) is 0 Å². The highest BCUT2D eigenvalue weighted by molar-refractivity contribution is 5.85. The summed E-state index contributed by atoms with van der Waals surface area (Å²) < 4.78 is 35.4. The Bertz CT molecular complexity index is 205. The number of hydrogen-bond donors (Lipinski definition) is 2. The molecule has 1 aliphatic heterocycles. The first-order valence-electron chi connectivity index (χ1n) is 4.54. The zero-order chi connectivity index (χ0) is 10.6. The Hall–Kier alpha value is -0.490. The molecule has 0 bridgehead atoms. The molecule has 0 aromatic heterocycles. The summed E-state index contributed by atoms with van der Waals surface area (Å²) in [4.78, 5) is 10.9. The van der Waals surface area contributed by atoms with Gasteiger partial charge in [0.05, 0.1) is 0 Å². The average molecular weight is 247 g/mol. The first-order chi connectivity index (χ1) is 6.47. The molecule has 1 aliphatic rings. The van der Waals surface area contributed by atoms with Crippen molar-refractivity contribution in [1.29, 1.82) is 0 Å². The fourth-order valence-corrected chi connectivity index (χ4v) is 1.44. The van der Waals surface area contributed by atoms with Gasteiger partial charge in [-0.2, -0.15) is 13.2 Å². The highest BCUT2D eigenvalue weighted by atomic mass is 35.5. The van der Waals surface area contributed by atoms with E-state index in [4.69, 9.17) is 0 Å². The van der Waals surface area contributed by atoms with Crippen LogP contribution in [-0.4, -0.2) is 31.2 Å². The molecule has 1 saturated heterocycles. The lowest BCUT2D eigenvalue weighted by Gasteiger charge is -2.23. The molecule has 1 heterocycles. The van der Waals surface area contributed by atoms with Crippen LogP contribution in [0.5, 0.6) is 0 Å². The van der Waals surface area contributed by atoms with Gasteiger partial charge in [0.2, 0.25) is 5.91 Å². The minimum absolute atomic E-state index is 0. The summed E-state index contributed by atoms with van der Waals surface area (Å²) in [5.41, 5.74) is 0. The monoisotopic (exact) mass is 246 g/mol. The summed E-state index contributed by atoms with van der Waals surface area (Å²) in [7, 11) is 0. The molecule has 0 radical (unpaired) electrons. The fourth-order valence-electron chi connectivity index (χ4n) is 1.44. The molecular formula is C8H14ClF3N2O. The number of carbonyl (C=O) groups excluding carboxylic acids is 1. The molecule has 0 aromatic rings. The van der Waals surface area contributed by atoms with E-state index in [1.54, 1.807) is 0 Å². The van der Waals surface area contributed by atoms with Gasteiger partial charge in [-0.1, -0.05) is 0 Å². The Morgan fingerprint density at radius 2 is 2.13 bits per heavy atom. The van der Waals surface area contributed by atoms with Crippen LogP contribution in [0.3, 0.4) is 0 Å². The first-order valence-corrected chi connectivity index (χ1v) is 4.54. The Morgan fingerprint density at radius 3 is 2.60 bits per heavy atom. The maximum Gasteiger partial charge on any atom is 0.397 e. The van der Waals surface area contributed by atoms with E-state index in [0.29, 0.717) is 6.54 Å². The van der Waals surface area contributed by atoms with Gasteiger partial charge in [-0.3, -0.25) is 4.79 Å². The molecule has 0 saturated carbocycles. The number of rotatable bonds is 2. The minimum atomic E-state index is -4.41. The van der Waals surface area contributed by atoms with Gasteiger partial charge in [0.15, 0.2) is 0 Å². The second kappa shape index (κ2) is 6.17. The number of hydrogen-bond acceptors (Lipinski definition) is 2. The summed E-state index contributed by atoms with van der Waals surface area (Å²) in [6.45, 7) is 1.43.